The maximum atomic E-state index is 11.9. The molecule has 0 amide bonds. The Hall–Kier alpha value is -2.20. The Bertz CT molecular complexity index is 672. The smallest absolute Gasteiger partial charge is 0.258 e. The van der Waals surface area contributed by atoms with E-state index >= 15 is 0 Å². The lowest BCUT2D eigenvalue weighted by molar-refractivity contribution is -0.384. The molecular weight excluding hydrogens is 280 g/mol. The van der Waals surface area contributed by atoms with Crippen LogP contribution in [0.5, 0.6) is 0 Å². The second-order valence-electron chi connectivity index (χ2n) is 4.14. The zero-order valence-electron chi connectivity index (χ0n) is 10.9. The fourth-order valence-electron chi connectivity index (χ4n) is 1.52. The summed E-state index contributed by atoms with van der Waals surface area (Å²) < 4.78 is 23.8. The molecule has 0 aliphatic carbocycles. The zero-order valence-corrected chi connectivity index (χ0v) is 11.8. The monoisotopic (exact) mass is 294 g/mol. The predicted octanol–water partition coefficient (Wildman–Crippen LogP) is 2.67. The summed E-state index contributed by atoms with van der Waals surface area (Å²) in [7, 11) is -3.64. The number of non-ortho nitro benzene ring substituents is 1. The van der Waals surface area contributed by atoms with Crippen LogP contribution in [-0.4, -0.2) is 19.1 Å². The van der Waals surface area contributed by atoms with E-state index in [0.717, 1.165) is 6.08 Å². The van der Waals surface area contributed by atoms with Gasteiger partial charge in [-0.15, -0.1) is 0 Å². The maximum Gasteiger partial charge on any atom is 0.270 e. The molecule has 0 aliphatic heterocycles. The molecule has 1 rings (SSSR count). The highest BCUT2D eigenvalue weighted by molar-refractivity contribution is 7.95. The Kier molecular flexibility index (Phi) is 5.41. The lowest BCUT2D eigenvalue weighted by Gasteiger charge is -2.01. The van der Waals surface area contributed by atoms with Gasteiger partial charge in [0.1, 0.15) is 11.0 Å². The van der Waals surface area contributed by atoms with Gasteiger partial charge in [0.25, 0.3) is 5.69 Å². The second-order valence-corrected chi connectivity index (χ2v) is 6.22. The van der Waals surface area contributed by atoms with E-state index in [1.54, 1.807) is 6.07 Å². The van der Waals surface area contributed by atoms with Gasteiger partial charge in [0, 0.05) is 12.1 Å². The van der Waals surface area contributed by atoms with Crippen LogP contribution in [-0.2, 0) is 9.84 Å². The SMILES string of the molecule is CCCCS(=O)(=O)C(C#N)=Cc1cccc([N+](=O)[O-])c1. The molecule has 1 aromatic rings. The zero-order chi connectivity index (χ0) is 15.2. The van der Waals surface area contributed by atoms with Gasteiger partial charge in [-0.05, 0) is 18.1 Å². The summed E-state index contributed by atoms with van der Waals surface area (Å²) in [5, 5.41) is 19.6. The van der Waals surface area contributed by atoms with Crippen LogP contribution in [0.25, 0.3) is 6.08 Å². The van der Waals surface area contributed by atoms with E-state index in [-0.39, 0.29) is 16.3 Å². The largest absolute Gasteiger partial charge is 0.270 e. The first-order valence-corrected chi connectivity index (χ1v) is 7.65. The van der Waals surface area contributed by atoms with Gasteiger partial charge >= 0.3 is 0 Å². The van der Waals surface area contributed by atoms with Crippen LogP contribution in [0.3, 0.4) is 0 Å². The Balaban J connectivity index is 3.16. The van der Waals surface area contributed by atoms with Gasteiger partial charge in [0.2, 0.25) is 0 Å². The summed E-state index contributed by atoms with van der Waals surface area (Å²) >= 11 is 0. The molecule has 0 aromatic heterocycles. The van der Waals surface area contributed by atoms with Crippen LogP contribution < -0.4 is 0 Å². The van der Waals surface area contributed by atoms with E-state index in [4.69, 9.17) is 5.26 Å². The first-order chi connectivity index (χ1) is 9.40. The van der Waals surface area contributed by atoms with E-state index in [1.165, 1.54) is 24.3 Å². The third-order valence-corrected chi connectivity index (χ3v) is 4.30. The van der Waals surface area contributed by atoms with Crippen molar-refractivity contribution in [3.8, 4) is 6.07 Å². The molecule has 0 spiro atoms. The van der Waals surface area contributed by atoms with Crippen molar-refractivity contribution in [1.29, 1.82) is 5.26 Å². The van der Waals surface area contributed by atoms with Gasteiger partial charge in [-0.1, -0.05) is 25.5 Å². The van der Waals surface area contributed by atoms with E-state index in [1.807, 2.05) is 6.92 Å². The molecule has 6 nitrogen and oxygen atoms in total. The normalized spacial score (nSPS) is 11.9. The van der Waals surface area contributed by atoms with E-state index in [2.05, 4.69) is 0 Å². The summed E-state index contributed by atoms with van der Waals surface area (Å²) in [4.78, 5) is 9.70. The highest BCUT2D eigenvalue weighted by atomic mass is 32.2. The van der Waals surface area contributed by atoms with Crippen LogP contribution in [0.4, 0.5) is 5.69 Å². The molecule has 0 heterocycles. The second kappa shape index (κ2) is 6.82. The summed E-state index contributed by atoms with van der Waals surface area (Å²) in [6.45, 7) is 1.85. The molecule has 106 valence electrons. The van der Waals surface area contributed by atoms with E-state index in [9.17, 15) is 18.5 Å². The fraction of sp³-hybridized carbons (Fsp3) is 0.308. The average Bonchev–Trinajstić information content (AvgIpc) is 2.42. The van der Waals surface area contributed by atoms with Crippen molar-refractivity contribution >= 4 is 21.6 Å². The molecule has 0 fully saturated rings. The van der Waals surface area contributed by atoms with Gasteiger partial charge in [-0.2, -0.15) is 5.26 Å². The summed E-state index contributed by atoms with van der Waals surface area (Å²) in [6.07, 6.45) is 2.34. The Morgan fingerprint density at radius 2 is 2.20 bits per heavy atom. The molecular formula is C13H14N2O4S. The van der Waals surface area contributed by atoms with E-state index < -0.39 is 14.8 Å². The minimum absolute atomic E-state index is 0.0994. The molecule has 0 radical (unpaired) electrons. The molecule has 0 atom stereocenters. The molecule has 1 aromatic carbocycles. The quantitative estimate of drug-likeness (QED) is 0.456. The summed E-state index contributed by atoms with van der Waals surface area (Å²) in [5.74, 6) is -0.0994. The van der Waals surface area contributed by atoms with Gasteiger partial charge in [0.15, 0.2) is 9.84 Å². The number of sulfone groups is 1. The molecule has 0 saturated heterocycles. The first-order valence-electron chi connectivity index (χ1n) is 5.99. The van der Waals surface area contributed by atoms with Crippen molar-refractivity contribution in [2.75, 3.05) is 5.75 Å². The maximum absolute atomic E-state index is 11.9. The van der Waals surface area contributed by atoms with Gasteiger partial charge in [-0.3, -0.25) is 10.1 Å². The minimum Gasteiger partial charge on any atom is -0.258 e. The van der Waals surface area contributed by atoms with Crippen LogP contribution in [0.15, 0.2) is 29.2 Å². The van der Waals surface area contributed by atoms with Crippen LogP contribution >= 0.6 is 0 Å². The molecule has 0 saturated carbocycles. The molecule has 0 aliphatic rings. The molecule has 7 heteroatoms. The first kappa shape index (κ1) is 15.9. The number of allylic oxidation sites excluding steroid dienone is 1. The third kappa shape index (κ3) is 4.17. The van der Waals surface area contributed by atoms with Crippen LogP contribution in [0.1, 0.15) is 25.3 Å². The van der Waals surface area contributed by atoms with Crippen molar-refractivity contribution in [1.82, 2.24) is 0 Å². The Morgan fingerprint density at radius 1 is 1.50 bits per heavy atom. The van der Waals surface area contributed by atoms with Crippen molar-refractivity contribution in [3.05, 3.63) is 44.8 Å². The highest BCUT2D eigenvalue weighted by Gasteiger charge is 2.17. The lowest BCUT2D eigenvalue weighted by Crippen LogP contribution is -2.07. The number of nitro groups is 1. The number of unbranched alkanes of at least 4 members (excludes halogenated alkanes) is 1. The van der Waals surface area contributed by atoms with Gasteiger partial charge < -0.3 is 0 Å². The topological polar surface area (TPSA) is 101 Å². The fourth-order valence-corrected chi connectivity index (χ4v) is 2.86. The van der Waals surface area contributed by atoms with Crippen LogP contribution in [0.2, 0.25) is 0 Å². The highest BCUT2D eigenvalue weighted by Crippen LogP contribution is 2.18. The van der Waals surface area contributed by atoms with Gasteiger partial charge in [-0.25, -0.2) is 8.42 Å². The van der Waals surface area contributed by atoms with Crippen molar-refractivity contribution in [2.24, 2.45) is 0 Å². The number of rotatable bonds is 6. The predicted molar refractivity (Wildman–Crippen MR) is 75.4 cm³/mol. The van der Waals surface area contributed by atoms with Crippen molar-refractivity contribution in [3.63, 3.8) is 0 Å². The van der Waals surface area contributed by atoms with Crippen LogP contribution in [0, 0.1) is 21.4 Å². The molecule has 20 heavy (non-hydrogen) atoms. The number of nitro benzene ring substituents is 1. The number of nitriles is 1. The summed E-state index contributed by atoms with van der Waals surface area (Å²) in [5.41, 5.74) is 0.165. The van der Waals surface area contributed by atoms with Crippen molar-refractivity contribution in [2.45, 2.75) is 19.8 Å². The van der Waals surface area contributed by atoms with Gasteiger partial charge in [0.05, 0.1) is 10.7 Å². The standard InChI is InChI=1S/C13H14N2O4S/c1-2-3-7-20(18,19)13(10-14)9-11-5-4-6-12(8-11)15(16)17/h4-6,8-9H,2-3,7H2,1H3. The Morgan fingerprint density at radius 3 is 2.75 bits per heavy atom. The molecule has 0 N–H and O–H groups in total. The van der Waals surface area contributed by atoms with E-state index in [0.29, 0.717) is 18.4 Å². The number of benzene rings is 1. The summed E-state index contributed by atoms with van der Waals surface area (Å²) in [6, 6.07) is 7.14. The number of hydrogen-bond acceptors (Lipinski definition) is 5. The number of nitrogens with zero attached hydrogens (tertiary/aromatic N) is 2. The van der Waals surface area contributed by atoms with Crippen molar-refractivity contribution < 1.29 is 13.3 Å². The molecule has 0 bridgehead atoms. The minimum atomic E-state index is -3.64. The Labute approximate surface area is 117 Å². The molecule has 0 unspecified atom stereocenters. The third-order valence-electron chi connectivity index (χ3n) is 2.59. The number of hydrogen-bond donors (Lipinski definition) is 0. The average molecular weight is 294 g/mol. The lowest BCUT2D eigenvalue weighted by atomic mass is 10.2.